The third kappa shape index (κ3) is 2.38. The Labute approximate surface area is 89.9 Å². The minimum Gasteiger partial charge on any atom is -0.504 e. The lowest BCUT2D eigenvalue weighted by Gasteiger charge is -2.07. The van der Waals surface area contributed by atoms with Gasteiger partial charge in [0.05, 0.1) is 12.8 Å². The second-order valence-electron chi connectivity index (χ2n) is 2.52. The first-order chi connectivity index (χ1) is 6.69. The summed E-state index contributed by atoms with van der Waals surface area (Å²) in [6.07, 6.45) is 1.26. The molecular formula is C9H10BrNO3. The first-order valence-electron chi connectivity index (χ1n) is 4.01. The van der Waals surface area contributed by atoms with Gasteiger partial charge in [0, 0.05) is 10.0 Å². The number of halogens is 1. The molecule has 0 aliphatic heterocycles. The number of hydrogen-bond acceptors (Lipinski definition) is 4. The molecule has 1 rings (SSSR count). The minimum atomic E-state index is 0.0498. The highest BCUT2D eigenvalue weighted by atomic mass is 79.9. The van der Waals surface area contributed by atoms with E-state index in [4.69, 9.17) is 9.94 Å². The van der Waals surface area contributed by atoms with Gasteiger partial charge in [0.15, 0.2) is 11.5 Å². The highest BCUT2D eigenvalue weighted by Gasteiger charge is 2.06. The molecule has 2 N–H and O–H groups in total. The van der Waals surface area contributed by atoms with Crippen LogP contribution in [0.3, 0.4) is 0 Å². The highest BCUT2D eigenvalue weighted by Crippen LogP contribution is 2.31. The van der Waals surface area contributed by atoms with Crippen LogP contribution in [0.5, 0.6) is 11.5 Å². The van der Waals surface area contributed by atoms with Gasteiger partial charge in [-0.05, 0) is 35.0 Å². The van der Waals surface area contributed by atoms with Crippen molar-refractivity contribution in [3.63, 3.8) is 0 Å². The van der Waals surface area contributed by atoms with Crippen LogP contribution in [0.4, 0.5) is 0 Å². The number of phenolic OH excluding ortho intramolecular Hbond substituents is 1. The summed E-state index contributed by atoms with van der Waals surface area (Å²) in [6.45, 7) is 2.28. The van der Waals surface area contributed by atoms with Crippen molar-refractivity contribution >= 4 is 22.1 Å². The van der Waals surface area contributed by atoms with Crippen molar-refractivity contribution in [1.82, 2.24) is 0 Å². The molecule has 5 heteroatoms. The van der Waals surface area contributed by atoms with Gasteiger partial charge in [0.25, 0.3) is 0 Å². The van der Waals surface area contributed by atoms with Gasteiger partial charge in [-0.1, -0.05) is 5.16 Å². The molecule has 0 amide bonds. The van der Waals surface area contributed by atoms with E-state index in [1.807, 2.05) is 6.92 Å². The van der Waals surface area contributed by atoms with Crippen LogP contribution in [0.2, 0.25) is 0 Å². The quantitative estimate of drug-likeness (QED) is 0.498. The van der Waals surface area contributed by atoms with Crippen molar-refractivity contribution in [3.05, 3.63) is 22.2 Å². The number of oxime groups is 1. The van der Waals surface area contributed by atoms with Crippen molar-refractivity contribution in [3.8, 4) is 11.5 Å². The first kappa shape index (κ1) is 10.8. The van der Waals surface area contributed by atoms with E-state index in [2.05, 4.69) is 21.1 Å². The number of benzene rings is 1. The van der Waals surface area contributed by atoms with E-state index < -0.39 is 0 Å². The lowest BCUT2D eigenvalue weighted by Crippen LogP contribution is -1.94. The van der Waals surface area contributed by atoms with Crippen LogP contribution in [0.15, 0.2) is 21.8 Å². The Morgan fingerprint density at radius 3 is 2.86 bits per heavy atom. The third-order valence-corrected chi connectivity index (χ3v) is 2.26. The molecule has 76 valence electrons. The third-order valence-electron chi connectivity index (χ3n) is 1.57. The van der Waals surface area contributed by atoms with Crippen molar-refractivity contribution in [1.29, 1.82) is 0 Å². The monoisotopic (exact) mass is 259 g/mol. The maximum absolute atomic E-state index is 9.45. The zero-order valence-electron chi connectivity index (χ0n) is 7.57. The van der Waals surface area contributed by atoms with Crippen LogP contribution in [-0.4, -0.2) is 23.1 Å². The molecule has 0 saturated carbocycles. The van der Waals surface area contributed by atoms with Gasteiger partial charge in [-0.25, -0.2) is 0 Å². The number of phenols is 1. The predicted molar refractivity (Wildman–Crippen MR) is 56.4 cm³/mol. The Hall–Kier alpha value is -1.23. The molecule has 1 aromatic rings. The second-order valence-corrected chi connectivity index (χ2v) is 3.37. The number of aromatic hydroxyl groups is 1. The van der Waals surface area contributed by atoms with E-state index >= 15 is 0 Å². The van der Waals surface area contributed by atoms with E-state index in [1.54, 1.807) is 6.07 Å². The summed E-state index contributed by atoms with van der Waals surface area (Å²) in [5.74, 6) is 0.416. The zero-order chi connectivity index (χ0) is 10.6. The normalized spacial score (nSPS) is 10.7. The fourth-order valence-corrected chi connectivity index (χ4v) is 1.42. The number of hydrogen-bond donors (Lipinski definition) is 2. The molecule has 0 aromatic heterocycles. The standard InChI is InChI=1S/C9H10BrNO3/c1-2-14-9-3-6(5-11-13)7(10)4-8(9)12/h3-5,12-13H,2H2,1H3/b11-5+. The van der Waals surface area contributed by atoms with Gasteiger partial charge >= 0.3 is 0 Å². The van der Waals surface area contributed by atoms with E-state index in [9.17, 15) is 5.11 Å². The number of nitrogens with zero attached hydrogens (tertiary/aromatic N) is 1. The van der Waals surface area contributed by atoms with Crippen molar-refractivity contribution in [2.24, 2.45) is 5.16 Å². The van der Waals surface area contributed by atoms with Gasteiger partial charge in [-0.3, -0.25) is 0 Å². The van der Waals surface area contributed by atoms with Gasteiger partial charge in [-0.15, -0.1) is 0 Å². The summed E-state index contributed by atoms with van der Waals surface area (Å²) >= 11 is 3.22. The van der Waals surface area contributed by atoms with Crippen LogP contribution in [0.1, 0.15) is 12.5 Å². The Morgan fingerprint density at radius 1 is 1.57 bits per heavy atom. The van der Waals surface area contributed by atoms with Crippen molar-refractivity contribution in [2.75, 3.05) is 6.61 Å². The molecule has 4 nitrogen and oxygen atoms in total. The van der Waals surface area contributed by atoms with Gasteiger partial charge in [-0.2, -0.15) is 0 Å². The molecule has 1 aromatic carbocycles. The SMILES string of the molecule is CCOc1cc(/C=N/O)c(Br)cc1O. The van der Waals surface area contributed by atoms with Crippen LogP contribution in [-0.2, 0) is 0 Å². The molecule has 14 heavy (non-hydrogen) atoms. The minimum absolute atomic E-state index is 0.0498. The van der Waals surface area contributed by atoms with E-state index in [0.717, 1.165) is 0 Å². The van der Waals surface area contributed by atoms with E-state index in [-0.39, 0.29) is 5.75 Å². The molecule has 0 spiro atoms. The summed E-state index contributed by atoms with van der Waals surface area (Å²) in [4.78, 5) is 0. The summed E-state index contributed by atoms with van der Waals surface area (Å²) < 4.78 is 5.80. The Kier molecular flexibility index (Phi) is 3.76. The highest BCUT2D eigenvalue weighted by molar-refractivity contribution is 9.10. The Morgan fingerprint density at radius 2 is 2.29 bits per heavy atom. The molecule has 0 saturated heterocycles. The second kappa shape index (κ2) is 4.85. The summed E-state index contributed by atoms with van der Waals surface area (Å²) in [6, 6.07) is 3.07. The lowest BCUT2D eigenvalue weighted by molar-refractivity contribution is 0.317. The molecule has 0 fully saturated rings. The molecule has 0 unspecified atom stereocenters. The van der Waals surface area contributed by atoms with E-state index in [1.165, 1.54) is 12.3 Å². The summed E-state index contributed by atoms with van der Waals surface area (Å²) in [5, 5.41) is 20.7. The lowest BCUT2D eigenvalue weighted by atomic mass is 10.2. The molecule has 0 bridgehead atoms. The molecule has 0 atom stereocenters. The smallest absolute Gasteiger partial charge is 0.161 e. The fraction of sp³-hybridized carbons (Fsp3) is 0.222. The summed E-state index contributed by atoms with van der Waals surface area (Å²) in [7, 11) is 0. The molecule has 0 aliphatic rings. The molecule has 0 heterocycles. The molecule has 0 aliphatic carbocycles. The number of ether oxygens (including phenoxy) is 1. The van der Waals surface area contributed by atoms with Crippen LogP contribution in [0, 0.1) is 0 Å². The number of rotatable bonds is 3. The predicted octanol–water partition coefficient (Wildman–Crippen LogP) is 2.36. The van der Waals surface area contributed by atoms with Crippen LogP contribution in [0.25, 0.3) is 0 Å². The van der Waals surface area contributed by atoms with Crippen molar-refractivity contribution < 1.29 is 15.1 Å². The topological polar surface area (TPSA) is 62.0 Å². The zero-order valence-corrected chi connectivity index (χ0v) is 9.15. The van der Waals surface area contributed by atoms with E-state index in [0.29, 0.717) is 22.4 Å². The largest absolute Gasteiger partial charge is 0.504 e. The fourth-order valence-electron chi connectivity index (χ4n) is 0.991. The maximum atomic E-state index is 9.45. The Bertz CT molecular complexity index is 352. The Balaban J connectivity index is 3.13. The first-order valence-corrected chi connectivity index (χ1v) is 4.81. The van der Waals surface area contributed by atoms with Gasteiger partial charge in [0.2, 0.25) is 0 Å². The summed E-state index contributed by atoms with van der Waals surface area (Å²) in [5.41, 5.74) is 0.633. The van der Waals surface area contributed by atoms with Crippen LogP contribution >= 0.6 is 15.9 Å². The average molecular weight is 260 g/mol. The van der Waals surface area contributed by atoms with Gasteiger partial charge in [0.1, 0.15) is 0 Å². The van der Waals surface area contributed by atoms with Crippen molar-refractivity contribution in [2.45, 2.75) is 6.92 Å². The molecule has 0 radical (unpaired) electrons. The van der Waals surface area contributed by atoms with Crippen LogP contribution < -0.4 is 4.74 Å². The molecular weight excluding hydrogens is 250 g/mol. The average Bonchev–Trinajstić information content (AvgIpc) is 2.14. The maximum Gasteiger partial charge on any atom is 0.161 e. The van der Waals surface area contributed by atoms with Gasteiger partial charge < -0.3 is 15.1 Å².